The van der Waals surface area contributed by atoms with Crippen molar-refractivity contribution in [2.24, 2.45) is 0 Å². The minimum absolute atomic E-state index is 0.561. The molecule has 16 heavy (non-hydrogen) atoms. The highest BCUT2D eigenvalue weighted by Crippen LogP contribution is 2.41. The Labute approximate surface area is 94.4 Å². The molecule has 1 aliphatic rings. The molecule has 0 bridgehead atoms. The Morgan fingerprint density at radius 3 is 2.62 bits per heavy atom. The summed E-state index contributed by atoms with van der Waals surface area (Å²) in [5.74, 6) is 1.22. The van der Waals surface area contributed by atoms with Crippen molar-refractivity contribution in [1.82, 2.24) is 0 Å². The lowest BCUT2D eigenvalue weighted by atomic mass is 9.88. The lowest BCUT2D eigenvalue weighted by Gasteiger charge is -2.40. The van der Waals surface area contributed by atoms with Crippen LogP contribution in [-0.2, 0) is 0 Å². The van der Waals surface area contributed by atoms with Gasteiger partial charge in [0.1, 0.15) is 29.3 Å². The Bertz CT molecular complexity index is 400. The van der Waals surface area contributed by atoms with Crippen LogP contribution in [0.25, 0.3) is 0 Å². The molecule has 1 aromatic rings. The molecule has 0 saturated carbocycles. The molecule has 1 heterocycles. The molecule has 0 saturated heterocycles. The van der Waals surface area contributed by atoms with Crippen molar-refractivity contribution in [3.63, 3.8) is 0 Å². The van der Waals surface area contributed by atoms with Gasteiger partial charge in [-0.1, -0.05) is 0 Å². The molecule has 0 amide bonds. The van der Waals surface area contributed by atoms with Crippen LogP contribution in [0, 0.1) is 0 Å². The van der Waals surface area contributed by atoms with Crippen LogP contribution in [0.2, 0.25) is 0 Å². The third kappa shape index (κ3) is 1.64. The van der Waals surface area contributed by atoms with Crippen LogP contribution in [0.15, 0.2) is 18.2 Å². The average Bonchev–Trinajstić information content (AvgIpc) is 2.25. The Morgan fingerprint density at radius 2 is 2.00 bits per heavy atom. The van der Waals surface area contributed by atoms with Crippen molar-refractivity contribution in [3.05, 3.63) is 23.8 Å². The molecule has 0 spiro atoms. The number of fused-ring (bicyclic) bond motifs is 1. The van der Waals surface area contributed by atoms with E-state index in [1.54, 1.807) is 39.2 Å². The minimum Gasteiger partial charge on any atom is -0.497 e. The topological polar surface area (TPSA) is 58.9 Å². The Kier molecular flexibility index (Phi) is 2.56. The fraction of sp³-hybridized carbons (Fsp3) is 0.500. The van der Waals surface area contributed by atoms with Gasteiger partial charge >= 0.3 is 0 Å². The van der Waals surface area contributed by atoms with Gasteiger partial charge < -0.3 is 19.7 Å². The van der Waals surface area contributed by atoms with Gasteiger partial charge in [0.25, 0.3) is 0 Å². The van der Waals surface area contributed by atoms with E-state index >= 15 is 0 Å². The maximum Gasteiger partial charge on any atom is 0.132 e. The third-order valence-electron chi connectivity index (χ3n) is 2.92. The molecule has 2 rings (SSSR count). The summed E-state index contributed by atoms with van der Waals surface area (Å²) < 4.78 is 10.7. The lowest BCUT2D eigenvalue weighted by Crippen LogP contribution is -2.48. The standard InChI is InChI=1S/C12H16O4/c1-12(2)11(14)10(13)8-6-7(15-3)4-5-9(8)16-12/h4-6,10-11,13-14H,1-3H3/t10-,11-/m0/s1. The normalized spacial score (nSPS) is 26.8. The molecular formula is C12H16O4. The summed E-state index contributed by atoms with van der Waals surface area (Å²) in [6.07, 6.45) is -1.90. The lowest BCUT2D eigenvalue weighted by molar-refractivity contribution is -0.111. The SMILES string of the molecule is COc1ccc2c(c1)[C@H](O)[C@H](O)C(C)(C)O2. The van der Waals surface area contributed by atoms with E-state index < -0.39 is 17.8 Å². The highest BCUT2D eigenvalue weighted by molar-refractivity contribution is 5.44. The molecule has 1 aliphatic heterocycles. The van der Waals surface area contributed by atoms with Crippen LogP contribution in [0.4, 0.5) is 0 Å². The second-order valence-corrected chi connectivity index (χ2v) is 4.50. The number of benzene rings is 1. The maximum absolute atomic E-state index is 10.00. The number of aliphatic hydroxyl groups is 2. The van der Waals surface area contributed by atoms with Crippen LogP contribution >= 0.6 is 0 Å². The molecule has 88 valence electrons. The van der Waals surface area contributed by atoms with Gasteiger partial charge in [0.2, 0.25) is 0 Å². The molecular weight excluding hydrogens is 208 g/mol. The number of hydrogen-bond acceptors (Lipinski definition) is 4. The zero-order valence-electron chi connectivity index (χ0n) is 9.60. The van der Waals surface area contributed by atoms with E-state index in [-0.39, 0.29) is 0 Å². The molecule has 2 N–H and O–H groups in total. The van der Waals surface area contributed by atoms with Crippen LogP contribution in [0.1, 0.15) is 25.5 Å². The first kappa shape index (κ1) is 11.2. The van der Waals surface area contributed by atoms with Gasteiger partial charge in [-0.25, -0.2) is 0 Å². The average molecular weight is 224 g/mol. The van der Waals surface area contributed by atoms with Gasteiger partial charge in [0, 0.05) is 5.56 Å². The quantitative estimate of drug-likeness (QED) is 0.754. The molecule has 0 unspecified atom stereocenters. The number of rotatable bonds is 1. The van der Waals surface area contributed by atoms with Crippen LogP contribution in [-0.4, -0.2) is 29.0 Å². The second-order valence-electron chi connectivity index (χ2n) is 4.50. The molecule has 0 aromatic heterocycles. The fourth-order valence-electron chi connectivity index (χ4n) is 1.87. The third-order valence-corrected chi connectivity index (χ3v) is 2.92. The summed E-state index contributed by atoms with van der Waals surface area (Å²) in [4.78, 5) is 0. The van der Waals surface area contributed by atoms with Crippen molar-refractivity contribution < 1.29 is 19.7 Å². The zero-order valence-corrected chi connectivity index (χ0v) is 9.60. The molecule has 4 nitrogen and oxygen atoms in total. The summed E-state index contributed by atoms with van der Waals surface area (Å²) in [7, 11) is 1.55. The van der Waals surface area contributed by atoms with Crippen LogP contribution < -0.4 is 9.47 Å². The molecule has 2 atom stereocenters. The van der Waals surface area contributed by atoms with E-state index in [4.69, 9.17) is 9.47 Å². The van der Waals surface area contributed by atoms with Crippen molar-refractivity contribution in [2.75, 3.05) is 7.11 Å². The fourth-order valence-corrected chi connectivity index (χ4v) is 1.87. The van der Waals surface area contributed by atoms with E-state index in [0.29, 0.717) is 17.1 Å². The number of aliphatic hydroxyl groups excluding tert-OH is 2. The molecule has 0 fully saturated rings. The highest BCUT2D eigenvalue weighted by atomic mass is 16.5. The first-order valence-corrected chi connectivity index (χ1v) is 5.19. The number of ether oxygens (including phenoxy) is 2. The monoisotopic (exact) mass is 224 g/mol. The smallest absolute Gasteiger partial charge is 0.132 e. The van der Waals surface area contributed by atoms with Gasteiger partial charge in [-0.05, 0) is 32.0 Å². The van der Waals surface area contributed by atoms with Gasteiger partial charge in [0.05, 0.1) is 7.11 Å². The summed E-state index contributed by atoms with van der Waals surface area (Å²) in [6, 6.07) is 5.18. The van der Waals surface area contributed by atoms with Crippen molar-refractivity contribution in [1.29, 1.82) is 0 Å². The zero-order chi connectivity index (χ0) is 11.9. The minimum atomic E-state index is -0.952. The first-order chi connectivity index (χ1) is 7.45. The van der Waals surface area contributed by atoms with E-state index in [9.17, 15) is 10.2 Å². The second kappa shape index (κ2) is 3.64. The summed E-state index contributed by atoms with van der Waals surface area (Å²) in [5.41, 5.74) is -0.229. The molecule has 0 radical (unpaired) electrons. The van der Waals surface area contributed by atoms with Gasteiger partial charge in [-0.3, -0.25) is 0 Å². The predicted octanol–water partition coefficient (Wildman–Crippen LogP) is 1.26. The summed E-state index contributed by atoms with van der Waals surface area (Å²) in [5, 5.41) is 19.9. The van der Waals surface area contributed by atoms with Gasteiger partial charge in [-0.15, -0.1) is 0 Å². The first-order valence-electron chi connectivity index (χ1n) is 5.19. The molecule has 0 aliphatic carbocycles. The van der Waals surface area contributed by atoms with Crippen LogP contribution in [0.3, 0.4) is 0 Å². The largest absolute Gasteiger partial charge is 0.497 e. The molecule has 4 heteroatoms. The van der Waals surface area contributed by atoms with Crippen molar-refractivity contribution in [2.45, 2.75) is 31.7 Å². The predicted molar refractivity (Wildman–Crippen MR) is 58.7 cm³/mol. The van der Waals surface area contributed by atoms with Crippen LogP contribution in [0.5, 0.6) is 11.5 Å². The van der Waals surface area contributed by atoms with E-state index in [0.717, 1.165) is 0 Å². The number of hydrogen-bond donors (Lipinski definition) is 2. The van der Waals surface area contributed by atoms with E-state index in [1.807, 2.05) is 0 Å². The maximum atomic E-state index is 10.00. The summed E-state index contributed by atoms with van der Waals surface area (Å²) in [6.45, 7) is 3.49. The Hall–Kier alpha value is -1.26. The van der Waals surface area contributed by atoms with Gasteiger partial charge in [-0.2, -0.15) is 0 Å². The Balaban J connectivity index is 2.47. The van der Waals surface area contributed by atoms with E-state index in [2.05, 4.69) is 0 Å². The number of methoxy groups -OCH3 is 1. The highest BCUT2D eigenvalue weighted by Gasteiger charge is 2.42. The van der Waals surface area contributed by atoms with Gasteiger partial charge in [0.15, 0.2) is 0 Å². The van der Waals surface area contributed by atoms with E-state index in [1.165, 1.54) is 0 Å². The van der Waals surface area contributed by atoms with Crippen molar-refractivity contribution >= 4 is 0 Å². The molecule has 1 aromatic carbocycles. The van der Waals surface area contributed by atoms with Crippen molar-refractivity contribution in [3.8, 4) is 11.5 Å². The Morgan fingerprint density at radius 1 is 1.31 bits per heavy atom. The summed E-state index contributed by atoms with van der Waals surface area (Å²) >= 11 is 0.